The zero-order valence-corrected chi connectivity index (χ0v) is 23.4. The van der Waals surface area contributed by atoms with Gasteiger partial charge >= 0.3 is 13.9 Å². The molecule has 0 bridgehead atoms. The van der Waals surface area contributed by atoms with Crippen molar-refractivity contribution in [2.24, 2.45) is 5.92 Å². The van der Waals surface area contributed by atoms with E-state index in [1.807, 2.05) is 0 Å². The molecular weight excluding hydrogens is 471 g/mol. The van der Waals surface area contributed by atoms with Crippen molar-refractivity contribution in [1.29, 1.82) is 0 Å². The van der Waals surface area contributed by atoms with Crippen LogP contribution < -0.4 is 10.6 Å². The molecule has 0 saturated heterocycles. The summed E-state index contributed by atoms with van der Waals surface area (Å²) in [6.07, 6.45) is 15.9. The third kappa shape index (κ3) is 14.0. The third-order valence-electron chi connectivity index (χ3n) is 6.76. The Morgan fingerprint density at radius 3 is 1.91 bits per heavy atom. The fraction of sp³-hybridized carbons (Fsp3) is 0.960. The molecule has 1 rings (SSSR count). The van der Waals surface area contributed by atoms with E-state index in [1.165, 1.54) is 77.7 Å². The second kappa shape index (κ2) is 19.4. The lowest BCUT2D eigenvalue weighted by Crippen LogP contribution is -2.48. The first-order chi connectivity index (χ1) is 16.9. The summed E-state index contributed by atoms with van der Waals surface area (Å²) in [7, 11) is -0.0464. The minimum Gasteiger partial charge on any atom is -0.384 e. The van der Waals surface area contributed by atoms with Crippen LogP contribution >= 0.6 is 7.82 Å². The van der Waals surface area contributed by atoms with Gasteiger partial charge in [0, 0.05) is 33.8 Å². The smallest absolute Gasteiger partial charge is 0.384 e. The number of amides is 2. The molecule has 10 heteroatoms. The maximum absolute atomic E-state index is 12.4. The van der Waals surface area contributed by atoms with E-state index in [9.17, 15) is 14.3 Å². The highest BCUT2D eigenvalue weighted by Crippen LogP contribution is 2.48. The van der Waals surface area contributed by atoms with Crippen LogP contribution in [0, 0.1) is 5.92 Å². The molecule has 9 nitrogen and oxygen atoms in total. The Labute approximate surface area is 213 Å². The van der Waals surface area contributed by atoms with E-state index in [0.29, 0.717) is 19.6 Å². The van der Waals surface area contributed by atoms with Crippen molar-refractivity contribution in [3.8, 4) is 0 Å². The largest absolute Gasteiger partial charge is 0.472 e. The Morgan fingerprint density at radius 1 is 0.886 bits per heavy atom. The van der Waals surface area contributed by atoms with Gasteiger partial charge in [0.05, 0.1) is 12.6 Å². The van der Waals surface area contributed by atoms with Gasteiger partial charge in [-0.25, -0.2) is 9.36 Å². The Morgan fingerprint density at radius 2 is 1.43 bits per heavy atom. The Bertz CT molecular complexity index is 596. The summed E-state index contributed by atoms with van der Waals surface area (Å²) in [5.74, 6) is -0.216. The van der Waals surface area contributed by atoms with E-state index in [0.717, 1.165) is 20.0 Å². The lowest BCUT2D eigenvalue weighted by atomic mass is 10.0. The molecular formula is C25H51N2O7P. The summed E-state index contributed by atoms with van der Waals surface area (Å²) < 4.78 is 32.6. The zero-order valence-electron chi connectivity index (χ0n) is 22.5. The molecule has 1 fully saturated rings. The van der Waals surface area contributed by atoms with Gasteiger partial charge in [0.25, 0.3) is 0 Å². The van der Waals surface area contributed by atoms with Crippen molar-refractivity contribution < 1.29 is 32.8 Å². The first kappa shape index (κ1) is 32.3. The summed E-state index contributed by atoms with van der Waals surface area (Å²) >= 11 is 0. The van der Waals surface area contributed by atoms with Crippen LogP contribution in [-0.2, 0) is 23.1 Å². The minimum absolute atomic E-state index is 0.216. The average molecular weight is 523 g/mol. The Hall–Kier alpha value is -0.700. The van der Waals surface area contributed by atoms with E-state index in [-0.39, 0.29) is 18.0 Å². The molecule has 0 aromatic carbocycles. The van der Waals surface area contributed by atoms with Gasteiger partial charge in [-0.2, -0.15) is 0 Å². The van der Waals surface area contributed by atoms with Gasteiger partial charge in [0.2, 0.25) is 0 Å². The van der Waals surface area contributed by atoms with E-state index in [2.05, 4.69) is 22.1 Å². The number of hydrogen-bond acceptors (Lipinski definition) is 6. The summed E-state index contributed by atoms with van der Waals surface area (Å²) in [5.41, 5.74) is 0. The number of urea groups is 1. The zero-order chi connectivity index (χ0) is 25.9. The SMILES string of the molecule is CCCCCCCCCCCCCCCNC(=O)N[C@@H]1C[C@H](COC)C(OP(=O)(O)OC)[C@@H]1OC. The van der Waals surface area contributed by atoms with Crippen molar-refractivity contribution in [3.05, 3.63) is 0 Å². The van der Waals surface area contributed by atoms with Crippen LogP contribution in [0.5, 0.6) is 0 Å². The number of nitrogens with one attached hydrogen (secondary N) is 2. The van der Waals surface area contributed by atoms with Gasteiger partial charge in [-0.3, -0.25) is 9.05 Å². The number of rotatable bonds is 21. The Balaban J connectivity index is 2.19. The lowest BCUT2D eigenvalue weighted by Gasteiger charge is -2.27. The second-order valence-corrected chi connectivity index (χ2v) is 11.1. The average Bonchev–Trinajstić information content (AvgIpc) is 3.14. The van der Waals surface area contributed by atoms with E-state index >= 15 is 0 Å². The predicted octanol–water partition coefficient (Wildman–Crippen LogP) is 5.56. The van der Waals surface area contributed by atoms with Gasteiger partial charge < -0.3 is 25.0 Å². The van der Waals surface area contributed by atoms with Gasteiger partial charge in [-0.05, 0) is 12.8 Å². The summed E-state index contributed by atoms with van der Waals surface area (Å²) in [6.45, 7) is 3.18. The molecule has 3 N–H and O–H groups in total. The maximum Gasteiger partial charge on any atom is 0.472 e. The van der Waals surface area contributed by atoms with Crippen molar-refractivity contribution >= 4 is 13.9 Å². The standard InChI is InChI=1S/C25H51N2O7P/c1-5-6-7-8-9-10-11-12-13-14-15-16-17-18-26-25(28)27-22-19-21(20-31-2)23(24(22)32-3)34-35(29,30)33-4/h21-24H,5-20H2,1-4H3,(H,29,30)(H2,26,27,28)/t21-,22-,23?,24-/m1/s1. The molecule has 0 aromatic heterocycles. The number of hydrogen-bond donors (Lipinski definition) is 3. The first-order valence-corrected chi connectivity index (χ1v) is 15.0. The molecule has 0 radical (unpaired) electrons. The number of ether oxygens (including phenoxy) is 2. The highest BCUT2D eigenvalue weighted by molar-refractivity contribution is 7.47. The molecule has 5 atom stereocenters. The fourth-order valence-corrected chi connectivity index (χ4v) is 5.50. The van der Waals surface area contributed by atoms with Crippen LogP contribution in [-0.4, -0.2) is 63.7 Å². The number of phosphoric acid groups is 1. The topological polar surface area (TPSA) is 115 Å². The van der Waals surface area contributed by atoms with Crippen LogP contribution in [0.1, 0.15) is 96.8 Å². The molecule has 1 aliphatic rings. The molecule has 1 saturated carbocycles. The lowest BCUT2D eigenvalue weighted by molar-refractivity contribution is -0.0287. The van der Waals surface area contributed by atoms with E-state index in [4.69, 9.17) is 14.0 Å². The van der Waals surface area contributed by atoms with Crippen molar-refractivity contribution in [2.75, 3.05) is 34.5 Å². The number of carbonyl (C=O) groups excluding carboxylic acids is 1. The van der Waals surface area contributed by atoms with Crippen LogP contribution in [0.15, 0.2) is 0 Å². The van der Waals surface area contributed by atoms with Gasteiger partial charge in [0.15, 0.2) is 0 Å². The predicted molar refractivity (Wildman–Crippen MR) is 139 cm³/mol. The van der Waals surface area contributed by atoms with Crippen LogP contribution in [0.3, 0.4) is 0 Å². The van der Waals surface area contributed by atoms with Crippen LogP contribution in [0.2, 0.25) is 0 Å². The number of unbranched alkanes of at least 4 members (excludes halogenated alkanes) is 12. The molecule has 0 aromatic rings. The molecule has 2 unspecified atom stereocenters. The second-order valence-electron chi connectivity index (χ2n) is 9.62. The number of carbonyl (C=O) groups is 1. The monoisotopic (exact) mass is 522 g/mol. The number of methoxy groups -OCH3 is 2. The van der Waals surface area contributed by atoms with Crippen LogP contribution in [0.4, 0.5) is 4.79 Å². The normalized spacial score (nSPS) is 23.8. The highest BCUT2D eigenvalue weighted by atomic mass is 31.2. The minimum atomic E-state index is -4.20. The van der Waals surface area contributed by atoms with Crippen molar-refractivity contribution in [3.63, 3.8) is 0 Å². The summed E-state index contributed by atoms with van der Waals surface area (Å²) in [4.78, 5) is 22.2. The Kier molecular flexibility index (Phi) is 17.9. The molecule has 0 heterocycles. The van der Waals surface area contributed by atoms with Crippen molar-refractivity contribution in [1.82, 2.24) is 10.6 Å². The molecule has 208 valence electrons. The molecule has 35 heavy (non-hydrogen) atoms. The fourth-order valence-electron chi connectivity index (χ4n) is 4.82. The van der Waals surface area contributed by atoms with Gasteiger partial charge in [-0.15, -0.1) is 0 Å². The first-order valence-electron chi connectivity index (χ1n) is 13.5. The maximum atomic E-state index is 12.4. The van der Waals surface area contributed by atoms with E-state index in [1.54, 1.807) is 7.11 Å². The van der Waals surface area contributed by atoms with Gasteiger partial charge in [0.1, 0.15) is 12.2 Å². The molecule has 0 aliphatic heterocycles. The molecule has 1 aliphatic carbocycles. The molecule has 2 amide bonds. The summed E-state index contributed by atoms with van der Waals surface area (Å²) in [6, 6.07) is -0.639. The number of phosphoric ester groups is 1. The third-order valence-corrected chi connectivity index (χ3v) is 7.73. The van der Waals surface area contributed by atoms with Gasteiger partial charge in [-0.1, -0.05) is 84.0 Å². The summed E-state index contributed by atoms with van der Waals surface area (Å²) in [5, 5.41) is 5.83. The van der Waals surface area contributed by atoms with Crippen molar-refractivity contribution in [2.45, 2.75) is 115 Å². The van der Waals surface area contributed by atoms with E-state index < -0.39 is 20.0 Å². The molecule has 0 spiro atoms. The van der Waals surface area contributed by atoms with Crippen LogP contribution in [0.25, 0.3) is 0 Å². The highest BCUT2D eigenvalue weighted by Gasteiger charge is 2.48. The quantitative estimate of drug-likeness (QED) is 0.134.